The van der Waals surface area contributed by atoms with Crippen LogP contribution in [0.25, 0.3) is 6.08 Å². The van der Waals surface area contributed by atoms with Crippen molar-refractivity contribution in [1.29, 1.82) is 0 Å². The monoisotopic (exact) mass is 516 g/mol. The summed E-state index contributed by atoms with van der Waals surface area (Å²) in [4.78, 5) is 34.8. The van der Waals surface area contributed by atoms with E-state index in [2.05, 4.69) is 5.32 Å². The molecule has 7 nitrogen and oxygen atoms in total. The molecular weight excluding hydrogens is 488 g/mol. The van der Waals surface area contributed by atoms with Gasteiger partial charge in [-0.15, -0.1) is 0 Å². The topological polar surface area (TPSA) is 74.2 Å². The lowest BCUT2D eigenvalue weighted by atomic mass is 10.1. The summed E-state index contributed by atoms with van der Waals surface area (Å²) in [5.41, 5.74) is 4.86. The first kappa shape index (κ1) is 25.5. The number of carbonyl (C=O) groups is 2. The van der Waals surface area contributed by atoms with Crippen LogP contribution < -0.4 is 19.9 Å². The van der Waals surface area contributed by atoms with Crippen molar-refractivity contribution < 1.29 is 14.3 Å². The lowest BCUT2D eigenvalue weighted by Gasteiger charge is -2.19. The summed E-state index contributed by atoms with van der Waals surface area (Å²) in [5.74, 6) is 0.758. The Hall–Kier alpha value is -5.17. The summed E-state index contributed by atoms with van der Waals surface area (Å²) in [6.45, 7) is 0. The maximum Gasteiger partial charge on any atom is 0.282 e. The number of amides is 2. The van der Waals surface area contributed by atoms with Gasteiger partial charge in [0.05, 0.1) is 12.8 Å². The predicted molar refractivity (Wildman–Crippen MR) is 157 cm³/mol. The molecule has 0 fully saturated rings. The molecule has 4 aromatic rings. The van der Waals surface area contributed by atoms with E-state index in [1.54, 1.807) is 66.6 Å². The van der Waals surface area contributed by atoms with E-state index in [1.165, 1.54) is 0 Å². The first-order chi connectivity index (χ1) is 18.9. The van der Waals surface area contributed by atoms with Crippen LogP contribution in [0.4, 0.5) is 17.1 Å². The van der Waals surface area contributed by atoms with Crippen molar-refractivity contribution in [3.8, 4) is 5.75 Å². The third kappa shape index (κ3) is 5.57. The van der Waals surface area contributed by atoms with Gasteiger partial charge >= 0.3 is 0 Å². The zero-order chi connectivity index (χ0) is 27.4. The Morgan fingerprint density at radius 3 is 2.15 bits per heavy atom. The van der Waals surface area contributed by atoms with Crippen molar-refractivity contribution in [2.75, 3.05) is 36.3 Å². The first-order valence-electron chi connectivity index (χ1n) is 12.5. The van der Waals surface area contributed by atoms with Crippen molar-refractivity contribution in [2.24, 2.45) is 4.99 Å². The fourth-order valence-electron chi connectivity index (χ4n) is 4.20. The molecule has 7 heteroatoms. The Bertz CT molecular complexity index is 1540. The van der Waals surface area contributed by atoms with Crippen LogP contribution in [0.15, 0.2) is 114 Å². The molecule has 2 amide bonds. The number of amidine groups is 1. The highest BCUT2D eigenvalue weighted by Crippen LogP contribution is 2.29. The molecule has 0 saturated heterocycles. The van der Waals surface area contributed by atoms with Crippen LogP contribution in [0.5, 0.6) is 5.75 Å². The Kier molecular flexibility index (Phi) is 7.23. The molecule has 1 aliphatic heterocycles. The van der Waals surface area contributed by atoms with Gasteiger partial charge in [-0.05, 0) is 72.3 Å². The predicted octanol–water partition coefficient (Wildman–Crippen LogP) is 5.85. The number of benzene rings is 4. The summed E-state index contributed by atoms with van der Waals surface area (Å²) < 4.78 is 5.16. The van der Waals surface area contributed by atoms with Gasteiger partial charge < -0.3 is 15.0 Å². The van der Waals surface area contributed by atoms with Crippen molar-refractivity contribution in [3.05, 3.63) is 126 Å². The minimum atomic E-state index is -0.252. The van der Waals surface area contributed by atoms with Crippen molar-refractivity contribution in [1.82, 2.24) is 0 Å². The Morgan fingerprint density at radius 2 is 1.54 bits per heavy atom. The highest BCUT2D eigenvalue weighted by atomic mass is 16.5. The molecule has 5 rings (SSSR count). The molecule has 0 bridgehead atoms. The molecule has 0 spiro atoms. The molecular formula is C32H28N4O3. The number of anilines is 3. The molecule has 4 aromatic carbocycles. The summed E-state index contributed by atoms with van der Waals surface area (Å²) in [5, 5.41) is 2.88. The second kappa shape index (κ2) is 11.1. The Labute approximate surface area is 227 Å². The van der Waals surface area contributed by atoms with Crippen LogP contribution in [-0.2, 0) is 4.79 Å². The molecule has 0 saturated carbocycles. The van der Waals surface area contributed by atoms with Gasteiger partial charge in [0.15, 0.2) is 0 Å². The van der Waals surface area contributed by atoms with E-state index >= 15 is 0 Å². The lowest BCUT2D eigenvalue weighted by molar-refractivity contribution is -0.113. The minimum Gasteiger partial charge on any atom is -0.497 e. The maximum absolute atomic E-state index is 13.6. The minimum absolute atomic E-state index is 0.235. The molecule has 0 atom stereocenters. The SMILES string of the molecule is COc1ccc(NC(=O)c2ccc(N3C(=O)/C(=C/c4ccc(N(C)C)cc4)N=C3c3ccccc3)cc2)cc1. The second-order valence-corrected chi connectivity index (χ2v) is 9.19. The summed E-state index contributed by atoms with van der Waals surface area (Å²) in [6.07, 6.45) is 1.79. The third-order valence-corrected chi connectivity index (χ3v) is 6.34. The average Bonchev–Trinajstić information content (AvgIpc) is 3.29. The van der Waals surface area contributed by atoms with Crippen LogP contribution in [-0.4, -0.2) is 38.9 Å². The second-order valence-electron chi connectivity index (χ2n) is 9.19. The Balaban J connectivity index is 1.42. The van der Waals surface area contributed by atoms with E-state index in [4.69, 9.17) is 9.73 Å². The molecule has 0 aliphatic carbocycles. The van der Waals surface area contributed by atoms with E-state index in [0.29, 0.717) is 34.2 Å². The standard InChI is InChI=1S/C32H28N4O3/c1-35(2)26-15-9-22(10-16-26)21-29-32(38)36(30(34-29)23-7-5-4-6-8-23)27-17-11-24(12-18-27)31(37)33-25-13-19-28(39-3)20-14-25/h4-21H,1-3H3,(H,33,37)/b29-21-. The third-order valence-electron chi connectivity index (χ3n) is 6.34. The van der Waals surface area contributed by atoms with Crippen LogP contribution >= 0.6 is 0 Å². The van der Waals surface area contributed by atoms with Gasteiger partial charge in [-0.2, -0.15) is 0 Å². The maximum atomic E-state index is 13.6. The molecule has 1 aliphatic rings. The van der Waals surface area contributed by atoms with Gasteiger partial charge in [0.2, 0.25) is 0 Å². The van der Waals surface area contributed by atoms with Crippen molar-refractivity contribution >= 4 is 40.8 Å². The first-order valence-corrected chi connectivity index (χ1v) is 12.5. The van der Waals surface area contributed by atoms with Gasteiger partial charge in [-0.1, -0.05) is 42.5 Å². The van der Waals surface area contributed by atoms with E-state index in [0.717, 1.165) is 16.8 Å². The average molecular weight is 517 g/mol. The normalized spacial score (nSPS) is 13.8. The van der Waals surface area contributed by atoms with Gasteiger partial charge in [0.1, 0.15) is 17.3 Å². The fourth-order valence-corrected chi connectivity index (χ4v) is 4.20. The van der Waals surface area contributed by atoms with Crippen molar-refractivity contribution in [3.63, 3.8) is 0 Å². The molecule has 0 unspecified atom stereocenters. The summed E-state index contributed by atoms with van der Waals surface area (Å²) in [6, 6.07) is 31.5. The molecule has 1 N–H and O–H groups in total. The highest BCUT2D eigenvalue weighted by Gasteiger charge is 2.32. The van der Waals surface area contributed by atoms with Crippen molar-refractivity contribution in [2.45, 2.75) is 0 Å². The number of methoxy groups -OCH3 is 1. The highest BCUT2D eigenvalue weighted by molar-refractivity contribution is 6.33. The smallest absolute Gasteiger partial charge is 0.282 e. The molecule has 194 valence electrons. The lowest BCUT2D eigenvalue weighted by Crippen LogP contribution is -2.32. The number of ether oxygens (including phenoxy) is 1. The number of rotatable bonds is 7. The van der Waals surface area contributed by atoms with Crippen LogP contribution in [0.2, 0.25) is 0 Å². The molecule has 39 heavy (non-hydrogen) atoms. The van der Waals surface area contributed by atoms with Gasteiger partial charge in [-0.3, -0.25) is 14.5 Å². The largest absolute Gasteiger partial charge is 0.497 e. The zero-order valence-electron chi connectivity index (χ0n) is 22.0. The molecule has 0 radical (unpaired) electrons. The summed E-state index contributed by atoms with van der Waals surface area (Å²) in [7, 11) is 5.56. The van der Waals surface area contributed by atoms with Crippen LogP contribution in [0.3, 0.4) is 0 Å². The quantitative estimate of drug-likeness (QED) is 0.313. The molecule has 0 aromatic heterocycles. The Morgan fingerprint density at radius 1 is 0.872 bits per heavy atom. The number of nitrogens with zero attached hydrogens (tertiary/aromatic N) is 3. The number of hydrogen-bond acceptors (Lipinski definition) is 5. The number of aliphatic imine (C=N–C) groups is 1. The number of hydrogen-bond donors (Lipinski definition) is 1. The van der Waals surface area contributed by atoms with E-state index in [1.807, 2.05) is 73.6 Å². The van der Waals surface area contributed by atoms with E-state index in [-0.39, 0.29) is 11.8 Å². The van der Waals surface area contributed by atoms with E-state index in [9.17, 15) is 9.59 Å². The van der Waals surface area contributed by atoms with Gasteiger partial charge in [0.25, 0.3) is 11.8 Å². The number of carbonyl (C=O) groups excluding carboxylic acids is 2. The van der Waals surface area contributed by atoms with Crippen LogP contribution in [0, 0.1) is 0 Å². The zero-order valence-corrected chi connectivity index (χ0v) is 22.0. The summed E-state index contributed by atoms with van der Waals surface area (Å²) >= 11 is 0. The van der Waals surface area contributed by atoms with Gasteiger partial charge in [-0.25, -0.2) is 4.99 Å². The van der Waals surface area contributed by atoms with Gasteiger partial charge in [0, 0.05) is 36.6 Å². The molecule has 1 heterocycles. The fraction of sp³-hybridized carbons (Fsp3) is 0.0938. The van der Waals surface area contributed by atoms with E-state index < -0.39 is 0 Å². The van der Waals surface area contributed by atoms with Crippen LogP contribution in [0.1, 0.15) is 21.5 Å². The number of nitrogens with one attached hydrogen (secondary N) is 1.